The zero-order chi connectivity index (χ0) is 45.2. The molecular formula is C41H47N2O14S4+. The Labute approximate surface area is 354 Å². The second kappa shape index (κ2) is 16.0. The molecule has 0 atom stereocenters. The molecular weight excluding hydrogens is 873 g/mol. The molecule has 5 N–H and O–H groups in total. The average Bonchev–Trinajstić information content (AvgIpc) is 3.47. The van der Waals surface area contributed by atoms with Gasteiger partial charge in [-0.15, -0.1) is 0 Å². The molecule has 20 heteroatoms. The van der Waals surface area contributed by atoms with E-state index < -0.39 is 72.8 Å². The van der Waals surface area contributed by atoms with Gasteiger partial charge in [-0.1, -0.05) is 32.4 Å². The van der Waals surface area contributed by atoms with Crippen LogP contribution < -0.4 is 4.90 Å². The largest absolute Gasteiger partial charge is 0.481 e. The summed E-state index contributed by atoms with van der Waals surface area (Å²) in [5.41, 5.74) is 2.52. The van der Waals surface area contributed by atoms with E-state index in [0.29, 0.717) is 76.7 Å². The molecule has 0 aromatic heterocycles. The topological polar surface area (TPSA) is 261 Å². The molecule has 2 aliphatic rings. The highest BCUT2D eigenvalue weighted by Gasteiger charge is 2.46. The molecule has 4 aromatic carbocycles. The zero-order valence-electron chi connectivity index (χ0n) is 33.9. The fraction of sp³-hybridized carbons (Fsp3) is 0.366. The third-order valence-electron chi connectivity index (χ3n) is 11.5. The molecule has 0 bridgehead atoms. The summed E-state index contributed by atoms with van der Waals surface area (Å²) >= 11 is 0. The molecule has 0 saturated heterocycles. The maximum atomic E-state index is 12.6. The molecule has 2 aliphatic heterocycles. The molecule has 0 amide bonds. The van der Waals surface area contributed by atoms with Crippen LogP contribution in [0.1, 0.15) is 76.5 Å². The van der Waals surface area contributed by atoms with Crippen molar-refractivity contribution in [3.63, 3.8) is 0 Å². The average molecular weight is 920 g/mol. The smallest absolute Gasteiger partial charge is 0.303 e. The van der Waals surface area contributed by atoms with Crippen LogP contribution in [-0.4, -0.2) is 92.1 Å². The van der Waals surface area contributed by atoms with Crippen LogP contribution in [0.2, 0.25) is 0 Å². The Morgan fingerprint density at radius 3 is 1.90 bits per heavy atom. The lowest BCUT2D eigenvalue weighted by Crippen LogP contribution is -2.29. The van der Waals surface area contributed by atoms with Crippen molar-refractivity contribution in [2.45, 2.75) is 92.2 Å². The Balaban J connectivity index is 1.54. The van der Waals surface area contributed by atoms with Gasteiger partial charge in [0.1, 0.15) is 11.4 Å². The summed E-state index contributed by atoms with van der Waals surface area (Å²) in [7, 11) is -18.8. The number of hydrogen-bond donors (Lipinski definition) is 5. The molecule has 2 heterocycles. The fourth-order valence-electron chi connectivity index (χ4n) is 8.84. The minimum atomic E-state index is -4.98. The maximum Gasteiger partial charge on any atom is 0.303 e. The van der Waals surface area contributed by atoms with Crippen molar-refractivity contribution in [1.82, 2.24) is 0 Å². The van der Waals surface area contributed by atoms with Gasteiger partial charge in [0.2, 0.25) is 5.69 Å². The third-order valence-corrected chi connectivity index (χ3v) is 14.8. The van der Waals surface area contributed by atoms with Gasteiger partial charge in [-0.3, -0.25) is 23.0 Å². The molecule has 0 aliphatic carbocycles. The molecule has 328 valence electrons. The Bertz CT molecular complexity index is 3080. The summed E-state index contributed by atoms with van der Waals surface area (Å²) < 4.78 is 140. The van der Waals surface area contributed by atoms with Crippen molar-refractivity contribution < 1.29 is 66.4 Å². The first-order chi connectivity index (χ1) is 28.0. The van der Waals surface area contributed by atoms with Crippen LogP contribution in [0.3, 0.4) is 0 Å². The zero-order valence-corrected chi connectivity index (χ0v) is 37.2. The van der Waals surface area contributed by atoms with Crippen molar-refractivity contribution in [3.05, 3.63) is 89.1 Å². The maximum absolute atomic E-state index is 12.6. The van der Waals surface area contributed by atoms with Gasteiger partial charge in [0.25, 0.3) is 40.5 Å². The normalized spacial score (nSPS) is 17.3. The summed E-state index contributed by atoms with van der Waals surface area (Å²) in [6.07, 6.45) is 6.89. The van der Waals surface area contributed by atoms with Crippen molar-refractivity contribution in [2.24, 2.45) is 0 Å². The number of carboxylic acid groups (broad SMARTS) is 1. The van der Waals surface area contributed by atoms with Crippen LogP contribution in [0.5, 0.6) is 0 Å². The van der Waals surface area contributed by atoms with Gasteiger partial charge in [-0.2, -0.15) is 38.2 Å². The van der Waals surface area contributed by atoms with E-state index in [1.165, 1.54) is 18.2 Å². The van der Waals surface area contributed by atoms with Crippen LogP contribution >= 0.6 is 0 Å². The van der Waals surface area contributed by atoms with Crippen molar-refractivity contribution in [1.29, 1.82) is 0 Å². The highest BCUT2D eigenvalue weighted by molar-refractivity contribution is 7.87. The second-order valence-electron chi connectivity index (χ2n) is 16.4. The lowest BCUT2D eigenvalue weighted by atomic mass is 9.78. The van der Waals surface area contributed by atoms with Gasteiger partial charge in [-0.05, 0) is 103 Å². The Morgan fingerprint density at radius 1 is 0.705 bits per heavy atom. The quantitative estimate of drug-likeness (QED) is 0.0479. The number of fused-ring (bicyclic) bond motifs is 6. The predicted molar refractivity (Wildman–Crippen MR) is 230 cm³/mol. The van der Waals surface area contributed by atoms with Gasteiger partial charge in [0.05, 0.1) is 21.0 Å². The lowest BCUT2D eigenvalue weighted by molar-refractivity contribution is -0.437. The summed E-state index contributed by atoms with van der Waals surface area (Å²) in [6, 6.07) is 11.4. The third kappa shape index (κ3) is 9.03. The molecule has 61 heavy (non-hydrogen) atoms. The number of nitrogens with zero attached hydrogens (tertiary/aromatic N) is 2. The highest BCUT2D eigenvalue weighted by atomic mass is 32.2. The van der Waals surface area contributed by atoms with E-state index in [1.54, 1.807) is 19.1 Å². The Hall–Kier alpha value is -4.54. The van der Waals surface area contributed by atoms with Crippen molar-refractivity contribution >= 4 is 85.1 Å². The lowest BCUT2D eigenvalue weighted by Gasteiger charge is -2.27. The number of aryl methyl sites for hydroxylation is 1. The number of hydrogen-bond acceptors (Lipinski definition) is 10. The van der Waals surface area contributed by atoms with Crippen LogP contribution in [0.4, 0.5) is 11.4 Å². The number of carbonyl (C=O) groups is 1. The number of unbranched alkanes of at least 4 members (excludes halogenated alkanes) is 2. The first-order valence-corrected chi connectivity index (χ1v) is 25.1. The predicted octanol–water partition coefficient (Wildman–Crippen LogP) is 6.58. The van der Waals surface area contributed by atoms with Gasteiger partial charge < -0.3 is 10.0 Å². The highest BCUT2D eigenvalue weighted by Crippen LogP contribution is 2.52. The molecule has 6 rings (SSSR count). The monoisotopic (exact) mass is 919 g/mol. The van der Waals surface area contributed by atoms with Gasteiger partial charge in [0.15, 0.2) is 5.71 Å². The molecule has 4 aromatic rings. The van der Waals surface area contributed by atoms with Gasteiger partial charge >= 0.3 is 5.97 Å². The van der Waals surface area contributed by atoms with Crippen molar-refractivity contribution in [2.75, 3.05) is 23.7 Å². The summed E-state index contributed by atoms with van der Waals surface area (Å²) in [5.74, 6) is -1.46. The molecule has 0 fully saturated rings. The van der Waals surface area contributed by atoms with E-state index in [1.807, 2.05) is 61.5 Å². The minimum Gasteiger partial charge on any atom is -0.481 e. The summed E-state index contributed by atoms with van der Waals surface area (Å²) in [6.45, 7) is 9.73. The van der Waals surface area contributed by atoms with Crippen LogP contribution in [0.25, 0.3) is 21.5 Å². The number of anilines is 1. The first-order valence-electron chi connectivity index (χ1n) is 19.1. The number of aliphatic carboxylic acids is 1. The van der Waals surface area contributed by atoms with Crippen LogP contribution in [-0.2, 0) is 56.1 Å². The molecule has 0 saturated carbocycles. The Morgan fingerprint density at radius 2 is 1.31 bits per heavy atom. The SMILES string of the molecule is Cc1cc(S(=O)(=O)O)cc2c3c(ccc12)[N+](CCCS(=O)(=O)O)=C(/C=C/C=C1/N(CCCCCC(=O)O)c2ccc4c(S(=O)(=O)O)cc(S(=O)(=O)O)cc4c2C1(C)C)C3(C)C. The summed E-state index contributed by atoms with van der Waals surface area (Å²) in [4.78, 5) is 11.4. The molecule has 16 nitrogen and oxygen atoms in total. The molecule has 0 unspecified atom stereocenters. The second-order valence-corrected chi connectivity index (χ2v) is 22.2. The van der Waals surface area contributed by atoms with E-state index >= 15 is 0 Å². The number of carboxylic acids is 1. The van der Waals surface area contributed by atoms with E-state index in [4.69, 9.17) is 0 Å². The number of allylic oxidation sites excluding steroid dienone is 4. The fourth-order valence-corrected chi connectivity index (χ4v) is 11.3. The molecule has 0 spiro atoms. The van der Waals surface area contributed by atoms with E-state index in [-0.39, 0.29) is 35.1 Å². The van der Waals surface area contributed by atoms with Crippen molar-refractivity contribution in [3.8, 4) is 0 Å². The standard InChI is InChI=1S/C41H46N2O14S4/c1-25-21-26(59(49,50)51)22-30-28(25)14-16-32-38(30)40(2,3)36(43(32)19-10-20-58(46,47)48)12-9-11-35-41(4,5)39-31-23-27(60(52,53)54)24-34(61(55,56)57)29(31)15-17-33(39)42(35)18-8-6-7-13-37(44)45/h9,11-12,14-17,21-24H,6-8,10,13,18-20H2,1-5H3,(H4-,44,45,46,47,48,49,50,51,52,53,54,55,56,57)/p+1. The number of benzene rings is 4. The van der Waals surface area contributed by atoms with E-state index in [0.717, 1.165) is 11.5 Å². The minimum absolute atomic E-state index is 0.0149. The van der Waals surface area contributed by atoms with Gasteiger partial charge in [0, 0.05) is 59.3 Å². The summed E-state index contributed by atoms with van der Waals surface area (Å²) in [5, 5.41) is 10.6. The molecule has 0 radical (unpaired) electrons. The first kappa shape index (κ1) is 46.0. The number of rotatable bonds is 15. The van der Waals surface area contributed by atoms with Crippen LogP contribution in [0, 0.1) is 6.92 Å². The van der Waals surface area contributed by atoms with E-state index in [2.05, 4.69) is 0 Å². The van der Waals surface area contributed by atoms with Crippen LogP contribution in [0.15, 0.2) is 87.1 Å². The van der Waals surface area contributed by atoms with Gasteiger partial charge in [-0.25, -0.2) is 0 Å². The Kier molecular flexibility index (Phi) is 12.0. The van der Waals surface area contributed by atoms with E-state index in [9.17, 15) is 61.8 Å².